The van der Waals surface area contributed by atoms with Crippen molar-refractivity contribution in [2.24, 2.45) is 5.92 Å². The van der Waals surface area contributed by atoms with Crippen LogP contribution in [0.2, 0.25) is 0 Å². The quantitative estimate of drug-likeness (QED) is 0.435. The summed E-state index contributed by atoms with van der Waals surface area (Å²) in [5.74, 6) is 3.37. The minimum Gasteiger partial charge on any atom is -0.322 e. The zero-order valence-electron chi connectivity index (χ0n) is 4.23. The Kier molecular flexibility index (Phi) is 1.04. The van der Waals surface area contributed by atoms with E-state index in [9.17, 15) is 0 Å². The Morgan fingerprint density at radius 3 is 2.86 bits per heavy atom. The fraction of sp³-hybridized carbons (Fsp3) is 0.333. The molecule has 36 valence electrons. The summed E-state index contributed by atoms with van der Waals surface area (Å²) in [5, 5.41) is 2.77. The topological polar surface area (TPSA) is 12.0 Å². The maximum absolute atomic E-state index is 2.93. The van der Waals surface area contributed by atoms with Gasteiger partial charge in [-0.1, -0.05) is 12.0 Å². The molecular formula is C6H7N. The van der Waals surface area contributed by atoms with Crippen molar-refractivity contribution in [2.45, 2.75) is 6.92 Å². The maximum atomic E-state index is 2.93. The molecular weight excluding hydrogens is 86.1 g/mol. The Balaban J connectivity index is 2.59. The van der Waals surface area contributed by atoms with Crippen LogP contribution < -0.4 is 5.32 Å². The van der Waals surface area contributed by atoms with Crippen molar-refractivity contribution in [3.63, 3.8) is 0 Å². The number of nitrogens with one attached hydrogen (secondary N) is 1. The summed E-state index contributed by atoms with van der Waals surface area (Å²) < 4.78 is 0. The molecule has 0 amide bonds. The molecule has 0 fully saturated rings. The molecule has 1 aliphatic rings. The Bertz CT molecular complexity index is 136. The summed E-state index contributed by atoms with van der Waals surface area (Å²) in [5.41, 5.74) is 0. The third-order valence-electron chi connectivity index (χ3n) is 0.840. The van der Waals surface area contributed by atoms with E-state index in [0.717, 1.165) is 0 Å². The molecule has 1 rings (SSSR count). The molecule has 1 atom stereocenters. The SMILES string of the molecule is CC1C#CNC=C1. The summed E-state index contributed by atoms with van der Waals surface area (Å²) in [6.45, 7) is 2.06. The van der Waals surface area contributed by atoms with E-state index < -0.39 is 0 Å². The number of rotatable bonds is 0. The predicted molar refractivity (Wildman–Crippen MR) is 29.2 cm³/mol. The van der Waals surface area contributed by atoms with E-state index in [1.807, 2.05) is 12.3 Å². The van der Waals surface area contributed by atoms with Crippen molar-refractivity contribution < 1.29 is 0 Å². The van der Waals surface area contributed by atoms with E-state index >= 15 is 0 Å². The van der Waals surface area contributed by atoms with Gasteiger partial charge in [-0.3, -0.25) is 0 Å². The van der Waals surface area contributed by atoms with Gasteiger partial charge in [0.25, 0.3) is 0 Å². The molecule has 0 aliphatic carbocycles. The average molecular weight is 93.1 g/mol. The Morgan fingerprint density at radius 2 is 2.57 bits per heavy atom. The molecule has 1 heteroatoms. The second-order valence-electron chi connectivity index (χ2n) is 1.56. The van der Waals surface area contributed by atoms with Gasteiger partial charge in [-0.25, -0.2) is 0 Å². The molecule has 1 nitrogen and oxygen atoms in total. The fourth-order valence-corrected chi connectivity index (χ4v) is 0.438. The van der Waals surface area contributed by atoms with Crippen molar-refractivity contribution in [1.82, 2.24) is 5.32 Å². The largest absolute Gasteiger partial charge is 0.322 e. The smallest absolute Gasteiger partial charge is 0.0389 e. The lowest BCUT2D eigenvalue weighted by Crippen LogP contribution is -2.00. The summed E-state index contributed by atoms with van der Waals surface area (Å²) in [6.07, 6.45) is 3.89. The molecule has 0 aromatic rings. The van der Waals surface area contributed by atoms with Gasteiger partial charge in [0.05, 0.1) is 0 Å². The van der Waals surface area contributed by atoms with Crippen LogP contribution in [-0.2, 0) is 0 Å². The summed E-state index contributed by atoms with van der Waals surface area (Å²) in [7, 11) is 0. The third-order valence-corrected chi connectivity index (χ3v) is 0.840. The predicted octanol–water partition coefficient (Wildman–Crippen LogP) is 0.700. The molecule has 1 heterocycles. The minimum atomic E-state index is 0.432. The molecule has 0 spiro atoms. The number of hydrogen-bond donors (Lipinski definition) is 1. The second kappa shape index (κ2) is 1.70. The van der Waals surface area contributed by atoms with Crippen molar-refractivity contribution >= 4 is 0 Å². The Hall–Kier alpha value is -0.900. The molecule has 1 unspecified atom stereocenters. The van der Waals surface area contributed by atoms with Crippen molar-refractivity contribution in [1.29, 1.82) is 0 Å². The minimum absolute atomic E-state index is 0.432. The van der Waals surface area contributed by atoms with Gasteiger partial charge in [-0.05, 0) is 6.92 Å². The van der Waals surface area contributed by atoms with Gasteiger partial charge in [0.15, 0.2) is 0 Å². The first-order valence-electron chi connectivity index (χ1n) is 2.32. The standard InChI is InChI=1S/C6H7N/c1-6-2-4-7-5-3-6/h2,4,6-7H,1H3. The van der Waals surface area contributed by atoms with Gasteiger partial charge >= 0.3 is 0 Å². The first-order chi connectivity index (χ1) is 3.39. The van der Waals surface area contributed by atoms with E-state index in [2.05, 4.69) is 24.2 Å². The van der Waals surface area contributed by atoms with E-state index in [1.165, 1.54) is 0 Å². The van der Waals surface area contributed by atoms with E-state index in [0.29, 0.717) is 5.92 Å². The van der Waals surface area contributed by atoms with Crippen LogP contribution in [0.5, 0.6) is 0 Å². The van der Waals surface area contributed by atoms with Gasteiger partial charge in [-0.2, -0.15) is 0 Å². The average Bonchev–Trinajstić information content (AvgIpc) is 1.69. The van der Waals surface area contributed by atoms with E-state index in [1.54, 1.807) is 0 Å². The molecule has 0 saturated carbocycles. The van der Waals surface area contributed by atoms with Crippen molar-refractivity contribution in [3.8, 4) is 12.0 Å². The van der Waals surface area contributed by atoms with Crippen LogP contribution in [0.3, 0.4) is 0 Å². The molecule has 1 N–H and O–H groups in total. The highest BCUT2D eigenvalue weighted by Crippen LogP contribution is 1.94. The molecule has 0 saturated heterocycles. The van der Waals surface area contributed by atoms with E-state index in [4.69, 9.17) is 0 Å². The lowest BCUT2D eigenvalue weighted by molar-refractivity contribution is 0.944. The zero-order valence-corrected chi connectivity index (χ0v) is 4.23. The highest BCUT2D eigenvalue weighted by molar-refractivity contribution is 5.14. The molecule has 1 aliphatic heterocycles. The summed E-state index contributed by atoms with van der Waals surface area (Å²) in [6, 6.07) is 2.75. The molecule has 0 radical (unpaired) electrons. The van der Waals surface area contributed by atoms with Crippen molar-refractivity contribution in [2.75, 3.05) is 0 Å². The summed E-state index contributed by atoms with van der Waals surface area (Å²) in [4.78, 5) is 0. The van der Waals surface area contributed by atoms with Gasteiger partial charge in [0.1, 0.15) is 0 Å². The van der Waals surface area contributed by atoms with Gasteiger partial charge in [-0.15, -0.1) is 0 Å². The highest BCUT2D eigenvalue weighted by Gasteiger charge is 1.88. The molecule has 0 aromatic heterocycles. The van der Waals surface area contributed by atoms with Crippen LogP contribution in [0, 0.1) is 17.9 Å². The van der Waals surface area contributed by atoms with Crippen LogP contribution in [0.4, 0.5) is 0 Å². The van der Waals surface area contributed by atoms with E-state index in [-0.39, 0.29) is 0 Å². The van der Waals surface area contributed by atoms with Gasteiger partial charge < -0.3 is 5.32 Å². The summed E-state index contributed by atoms with van der Waals surface area (Å²) >= 11 is 0. The first-order valence-corrected chi connectivity index (χ1v) is 2.32. The first kappa shape index (κ1) is 4.26. The third kappa shape index (κ3) is 0.972. The molecule has 0 bridgehead atoms. The fourth-order valence-electron chi connectivity index (χ4n) is 0.438. The van der Waals surface area contributed by atoms with Crippen LogP contribution in [-0.4, -0.2) is 0 Å². The van der Waals surface area contributed by atoms with Gasteiger partial charge in [0, 0.05) is 18.2 Å². The van der Waals surface area contributed by atoms with Crippen LogP contribution in [0.1, 0.15) is 6.92 Å². The number of hydrogen-bond acceptors (Lipinski definition) is 1. The second-order valence-corrected chi connectivity index (χ2v) is 1.56. The highest BCUT2D eigenvalue weighted by atomic mass is 14.8. The molecule has 0 aromatic carbocycles. The lowest BCUT2D eigenvalue weighted by atomic mass is 10.2. The van der Waals surface area contributed by atoms with Crippen LogP contribution in [0.25, 0.3) is 0 Å². The Morgan fingerprint density at radius 1 is 1.71 bits per heavy atom. The van der Waals surface area contributed by atoms with Crippen LogP contribution in [0.15, 0.2) is 12.3 Å². The maximum Gasteiger partial charge on any atom is 0.0389 e. The normalized spacial score (nSPS) is 25.0. The lowest BCUT2D eigenvalue weighted by Gasteiger charge is -1.96. The molecule has 7 heavy (non-hydrogen) atoms. The van der Waals surface area contributed by atoms with Gasteiger partial charge in [0.2, 0.25) is 0 Å². The van der Waals surface area contributed by atoms with Crippen LogP contribution >= 0.6 is 0 Å². The Labute approximate surface area is 43.4 Å². The zero-order chi connectivity index (χ0) is 5.11. The van der Waals surface area contributed by atoms with Crippen molar-refractivity contribution in [3.05, 3.63) is 12.3 Å². The monoisotopic (exact) mass is 93.1 g/mol. The number of allylic oxidation sites excluding steroid dienone is 1.